The van der Waals surface area contributed by atoms with Crippen LogP contribution in [-0.4, -0.2) is 24.8 Å². The predicted octanol–water partition coefficient (Wildman–Crippen LogP) is 1.53. The first-order valence-electron chi connectivity index (χ1n) is 5.36. The molecule has 0 bridgehead atoms. The van der Waals surface area contributed by atoms with E-state index in [1.165, 1.54) is 5.56 Å². The largest absolute Gasteiger partial charge is 0.396 e. The van der Waals surface area contributed by atoms with E-state index in [-0.39, 0.29) is 5.41 Å². The van der Waals surface area contributed by atoms with Crippen LogP contribution in [0, 0.1) is 11.8 Å². The maximum atomic E-state index is 9.36. The van der Waals surface area contributed by atoms with Crippen LogP contribution in [-0.2, 0) is 5.41 Å². The molecule has 3 unspecified atom stereocenters. The monoisotopic (exact) mass is 267 g/mol. The van der Waals surface area contributed by atoms with Gasteiger partial charge in [0.15, 0.2) is 0 Å². The van der Waals surface area contributed by atoms with Crippen molar-refractivity contribution in [3.8, 4) is 0 Å². The maximum Gasteiger partial charge on any atom is 0.0471 e. The van der Waals surface area contributed by atoms with Crippen LogP contribution >= 0.6 is 15.9 Å². The molecule has 3 heteroatoms. The van der Waals surface area contributed by atoms with E-state index < -0.39 is 0 Å². The van der Waals surface area contributed by atoms with Crippen molar-refractivity contribution in [3.05, 3.63) is 34.3 Å². The molecule has 1 aromatic carbocycles. The van der Waals surface area contributed by atoms with Crippen LogP contribution < -0.4 is 5.32 Å². The van der Waals surface area contributed by atoms with Gasteiger partial charge in [-0.3, -0.25) is 0 Å². The topological polar surface area (TPSA) is 32.3 Å². The third-order valence-corrected chi connectivity index (χ3v) is 4.59. The SMILES string of the molecule is OCC1C2CNCC12c1ccc(Br)cc1. The van der Waals surface area contributed by atoms with Crippen LogP contribution in [0.2, 0.25) is 0 Å². The summed E-state index contributed by atoms with van der Waals surface area (Å²) >= 11 is 3.45. The molecular formula is C12H14BrNO. The van der Waals surface area contributed by atoms with Crippen molar-refractivity contribution < 1.29 is 5.11 Å². The fourth-order valence-electron chi connectivity index (χ4n) is 3.21. The Bertz CT molecular complexity index is 372. The second-order valence-corrected chi connectivity index (χ2v) is 5.49. The molecule has 0 amide bonds. The zero-order valence-corrected chi connectivity index (χ0v) is 10.00. The van der Waals surface area contributed by atoms with E-state index in [9.17, 15) is 5.11 Å². The van der Waals surface area contributed by atoms with Crippen LogP contribution in [0.4, 0.5) is 0 Å². The van der Waals surface area contributed by atoms with E-state index in [4.69, 9.17) is 0 Å². The van der Waals surface area contributed by atoms with E-state index in [2.05, 4.69) is 45.5 Å². The Morgan fingerprint density at radius 1 is 1.40 bits per heavy atom. The van der Waals surface area contributed by atoms with E-state index in [1.54, 1.807) is 0 Å². The standard InChI is InChI=1S/C12H14BrNO/c13-9-3-1-8(2-4-9)12-7-14-5-10(12)11(12)6-15/h1-4,10-11,14-15H,5-7H2. The summed E-state index contributed by atoms with van der Waals surface area (Å²) in [6.45, 7) is 2.40. The molecule has 0 aromatic heterocycles. The van der Waals surface area contributed by atoms with Gasteiger partial charge in [0.25, 0.3) is 0 Å². The summed E-state index contributed by atoms with van der Waals surface area (Å²) in [6, 6.07) is 8.54. The van der Waals surface area contributed by atoms with Crippen molar-refractivity contribution in [1.82, 2.24) is 5.32 Å². The number of aliphatic hydroxyl groups excluding tert-OH is 1. The van der Waals surface area contributed by atoms with Crippen molar-refractivity contribution in [2.75, 3.05) is 19.7 Å². The molecule has 2 nitrogen and oxygen atoms in total. The minimum absolute atomic E-state index is 0.232. The molecule has 80 valence electrons. The fraction of sp³-hybridized carbons (Fsp3) is 0.500. The third kappa shape index (κ3) is 1.23. The molecule has 0 spiro atoms. The Morgan fingerprint density at radius 2 is 2.13 bits per heavy atom. The Hall–Kier alpha value is -0.380. The summed E-state index contributed by atoms with van der Waals surface area (Å²) in [5.74, 6) is 1.11. The van der Waals surface area contributed by atoms with Crippen LogP contribution in [0.3, 0.4) is 0 Å². The first-order valence-corrected chi connectivity index (χ1v) is 6.16. The Morgan fingerprint density at radius 3 is 2.73 bits per heavy atom. The average molecular weight is 268 g/mol. The van der Waals surface area contributed by atoms with Gasteiger partial charge in [0.05, 0.1) is 0 Å². The number of aliphatic hydroxyl groups is 1. The zero-order chi connectivity index (χ0) is 10.5. The molecule has 1 aromatic rings. The van der Waals surface area contributed by atoms with Gasteiger partial charge in [0, 0.05) is 23.0 Å². The van der Waals surface area contributed by atoms with Crippen molar-refractivity contribution in [2.45, 2.75) is 5.41 Å². The number of rotatable bonds is 2. The van der Waals surface area contributed by atoms with E-state index in [0.29, 0.717) is 18.4 Å². The second-order valence-electron chi connectivity index (χ2n) is 4.57. The number of fused-ring (bicyclic) bond motifs is 1. The molecule has 2 N–H and O–H groups in total. The summed E-state index contributed by atoms with van der Waals surface area (Å²) in [4.78, 5) is 0. The molecule has 15 heavy (non-hydrogen) atoms. The lowest BCUT2D eigenvalue weighted by molar-refractivity contribution is 0.253. The third-order valence-electron chi connectivity index (χ3n) is 4.06. The zero-order valence-electron chi connectivity index (χ0n) is 8.41. The molecule has 1 saturated heterocycles. The van der Waals surface area contributed by atoms with Crippen LogP contribution in [0.1, 0.15) is 5.56 Å². The van der Waals surface area contributed by atoms with Crippen molar-refractivity contribution in [2.24, 2.45) is 11.8 Å². The summed E-state index contributed by atoms with van der Waals surface area (Å²) in [6.07, 6.45) is 0. The van der Waals surface area contributed by atoms with E-state index in [0.717, 1.165) is 17.6 Å². The van der Waals surface area contributed by atoms with Gasteiger partial charge in [-0.05, 0) is 36.1 Å². The van der Waals surface area contributed by atoms with Gasteiger partial charge in [-0.2, -0.15) is 0 Å². The van der Waals surface area contributed by atoms with Crippen LogP contribution in [0.15, 0.2) is 28.7 Å². The lowest BCUT2D eigenvalue weighted by Gasteiger charge is -2.15. The summed E-state index contributed by atoms with van der Waals surface area (Å²) < 4.78 is 1.12. The van der Waals surface area contributed by atoms with Crippen LogP contribution in [0.5, 0.6) is 0 Å². The average Bonchev–Trinajstić information content (AvgIpc) is 2.66. The first-order chi connectivity index (χ1) is 7.29. The Labute approximate surface area is 97.8 Å². The Kier molecular flexibility index (Phi) is 2.16. The van der Waals surface area contributed by atoms with Gasteiger partial charge >= 0.3 is 0 Å². The maximum absolute atomic E-state index is 9.36. The van der Waals surface area contributed by atoms with Crippen molar-refractivity contribution >= 4 is 15.9 Å². The minimum atomic E-state index is 0.232. The first kappa shape index (κ1) is 9.82. The number of halogens is 1. The quantitative estimate of drug-likeness (QED) is 0.852. The molecule has 2 aliphatic rings. The van der Waals surface area contributed by atoms with Crippen LogP contribution in [0.25, 0.3) is 0 Å². The Balaban J connectivity index is 1.96. The number of benzene rings is 1. The van der Waals surface area contributed by atoms with Gasteiger partial charge in [-0.25, -0.2) is 0 Å². The van der Waals surface area contributed by atoms with E-state index in [1.807, 2.05) is 0 Å². The molecular weight excluding hydrogens is 254 g/mol. The molecule has 2 fully saturated rings. The van der Waals surface area contributed by atoms with Gasteiger partial charge in [-0.15, -0.1) is 0 Å². The predicted molar refractivity (Wildman–Crippen MR) is 62.8 cm³/mol. The van der Waals surface area contributed by atoms with Crippen molar-refractivity contribution in [3.63, 3.8) is 0 Å². The molecule has 1 aliphatic heterocycles. The lowest BCUT2D eigenvalue weighted by atomic mass is 9.93. The lowest BCUT2D eigenvalue weighted by Crippen LogP contribution is -2.24. The van der Waals surface area contributed by atoms with Gasteiger partial charge in [-0.1, -0.05) is 28.1 Å². The summed E-state index contributed by atoms with van der Waals surface area (Å²) in [5.41, 5.74) is 1.61. The normalized spacial score (nSPS) is 37.7. The fourth-order valence-corrected chi connectivity index (χ4v) is 3.47. The van der Waals surface area contributed by atoms with Gasteiger partial charge in [0.2, 0.25) is 0 Å². The van der Waals surface area contributed by atoms with Crippen molar-refractivity contribution in [1.29, 1.82) is 0 Å². The number of hydrogen-bond donors (Lipinski definition) is 2. The molecule has 3 rings (SSSR count). The molecule has 1 heterocycles. The molecule has 1 aliphatic carbocycles. The molecule has 3 atom stereocenters. The highest BCUT2D eigenvalue weighted by Gasteiger charge is 2.66. The summed E-state index contributed by atoms with van der Waals surface area (Å²) in [5, 5.41) is 12.8. The highest BCUT2D eigenvalue weighted by Crippen LogP contribution is 2.61. The number of piperidine rings is 1. The highest BCUT2D eigenvalue weighted by atomic mass is 79.9. The molecule has 0 radical (unpaired) electrons. The van der Waals surface area contributed by atoms with Gasteiger partial charge < -0.3 is 10.4 Å². The smallest absolute Gasteiger partial charge is 0.0471 e. The number of hydrogen-bond acceptors (Lipinski definition) is 2. The second kappa shape index (κ2) is 3.30. The molecule has 1 saturated carbocycles. The van der Waals surface area contributed by atoms with Gasteiger partial charge in [0.1, 0.15) is 0 Å². The van der Waals surface area contributed by atoms with E-state index >= 15 is 0 Å². The summed E-state index contributed by atoms with van der Waals surface area (Å²) in [7, 11) is 0. The minimum Gasteiger partial charge on any atom is -0.396 e. The number of nitrogens with one attached hydrogen (secondary N) is 1. The highest BCUT2D eigenvalue weighted by molar-refractivity contribution is 9.10.